The molecule has 3 aliphatic heterocycles. The van der Waals surface area contributed by atoms with Crippen LogP contribution in [0.25, 0.3) is 0 Å². The van der Waals surface area contributed by atoms with E-state index in [1.807, 2.05) is 33.0 Å². The lowest BCUT2D eigenvalue weighted by Crippen LogP contribution is -2.81. The van der Waals surface area contributed by atoms with Crippen LogP contribution in [0, 0.1) is 11.3 Å². The quantitative estimate of drug-likeness (QED) is 0.430. The molecule has 1 spiro atoms. The van der Waals surface area contributed by atoms with Crippen LogP contribution in [-0.2, 0) is 19.7 Å². The Kier molecular flexibility index (Phi) is 6.35. The van der Waals surface area contributed by atoms with Gasteiger partial charge >= 0.3 is 5.97 Å². The monoisotopic (exact) mass is 511 g/mol. The summed E-state index contributed by atoms with van der Waals surface area (Å²) in [5.41, 5.74) is -0.359. The number of hydrogen-bond donors (Lipinski definition) is 2. The lowest BCUT2D eigenvalue weighted by Gasteiger charge is -2.64. The van der Waals surface area contributed by atoms with Gasteiger partial charge in [0.1, 0.15) is 17.5 Å². The molecule has 5 rings (SSSR count). The number of ether oxygens (including phenoxy) is 2. The molecular weight excluding hydrogens is 470 g/mol. The first-order valence-electron chi connectivity index (χ1n) is 13.5. The Morgan fingerprint density at radius 3 is 2.68 bits per heavy atom. The Bertz CT molecular complexity index is 1120. The maximum absolute atomic E-state index is 12.9. The van der Waals surface area contributed by atoms with E-state index >= 15 is 0 Å². The third kappa shape index (κ3) is 3.55. The molecular formula is C29H41N3O5. The van der Waals surface area contributed by atoms with E-state index in [9.17, 15) is 14.7 Å². The summed E-state index contributed by atoms with van der Waals surface area (Å²) < 4.78 is 11.7. The fourth-order valence-electron chi connectivity index (χ4n) is 8.33. The molecule has 8 nitrogen and oxygen atoms in total. The van der Waals surface area contributed by atoms with Gasteiger partial charge in [0.05, 0.1) is 19.7 Å². The zero-order chi connectivity index (χ0) is 26.8. The molecule has 1 aromatic carbocycles. The maximum atomic E-state index is 12.9. The molecule has 1 saturated carbocycles. The molecule has 3 heterocycles. The van der Waals surface area contributed by atoms with Crippen LogP contribution < -0.4 is 15.0 Å². The standard InChI is InChI=1S/C29H41N3O5/c1-7-27-11-8-13-32-14-12-28(24(27)32)21-10-9-20(36-6)16-22(21)31(5)25(28)29(35,26(27)37-19(4)33)17-30-23(34)15-18(2)3/h8-11,16,18,24-26,35H,7,12-15,17H2,1-6H3,(H,30,34)/t24-,25+,26+,27+,28+,29-/m0/s1. The molecule has 0 radical (unpaired) electrons. The number of amides is 1. The molecule has 202 valence electrons. The van der Waals surface area contributed by atoms with E-state index in [4.69, 9.17) is 9.47 Å². The van der Waals surface area contributed by atoms with Gasteiger partial charge in [0, 0.05) is 55.6 Å². The predicted octanol–water partition coefficient (Wildman–Crippen LogP) is 2.63. The van der Waals surface area contributed by atoms with Crippen LogP contribution in [-0.4, -0.2) is 79.5 Å². The molecule has 1 saturated heterocycles. The van der Waals surface area contributed by atoms with E-state index in [-0.39, 0.29) is 24.4 Å². The SMILES string of the molecule is CC[C@]12C=CCN3CC[C@@]4(c5ccc(OC)cc5N(C)[C@H]4[C@@](O)(CNC(=O)CC(C)C)[C@@H]1OC(C)=O)[C@@H]32. The van der Waals surface area contributed by atoms with Crippen molar-refractivity contribution >= 4 is 17.6 Å². The van der Waals surface area contributed by atoms with Crippen molar-refractivity contribution in [3.8, 4) is 5.75 Å². The summed E-state index contributed by atoms with van der Waals surface area (Å²) in [6.07, 6.45) is 5.43. The van der Waals surface area contributed by atoms with Crippen LogP contribution in [0.2, 0.25) is 0 Å². The minimum Gasteiger partial charge on any atom is -0.497 e. The highest BCUT2D eigenvalue weighted by Crippen LogP contribution is 2.67. The van der Waals surface area contributed by atoms with Crippen molar-refractivity contribution in [3.63, 3.8) is 0 Å². The molecule has 4 aliphatic rings. The maximum Gasteiger partial charge on any atom is 0.303 e. The largest absolute Gasteiger partial charge is 0.497 e. The van der Waals surface area contributed by atoms with Crippen LogP contribution in [0.5, 0.6) is 5.75 Å². The minimum atomic E-state index is -1.54. The van der Waals surface area contributed by atoms with Crippen molar-refractivity contribution in [1.29, 1.82) is 0 Å². The molecule has 1 aromatic rings. The van der Waals surface area contributed by atoms with Crippen LogP contribution in [0.15, 0.2) is 30.4 Å². The molecule has 0 bridgehead atoms. The molecule has 37 heavy (non-hydrogen) atoms. The first-order chi connectivity index (χ1) is 17.5. The average Bonchev–Trinajstić information content (AvgIpc) is 3.37. The van der Waals surface area contributed by atoms with Gasteiger partial charge in [-0.2, -0.15) is 0 Å². The van der Waals surface area contributed by atoms with Gasteiger partial charge in [0.2, 0.25) is 5.91 Å². The second kappa shape index (κ2) is 9.02. The van der Waals surface area contributed by atoms with Crippen molar-refractivity contribution in [3.05, 3.63) is 35.9 Å². The third-order valence-corrected chi connectivity index (χ3v) is 9.38. The third-order valence-electron chi connectivity index (χ3n) is 9.38. The van der Waals surface area contributed by atoms with E-state index in [1.54, 1.807) is 7.11 Å². The Morgan fingerprint density at radius 1 is 1.27 bits per heavy atom. The number of aliphatic hydroxyl groups is 1. The number of nitrogens with one attached hydrogen (secondary N) is 1. The van der Waals surface area contributed by atoms with Crippen molar-refractivity contribution in [2.24, 2.45) is 11.3 Å². The van der Waals surface area contributed by atoms with Crippen molar-refractivity contribution in [2.45, 2.75) is 76.2 Å². The van der Waals surface area contributed by atoms with E-state index in [0.29, 0.717) is 12.8 Å². The Morgan fingerprint density at radius 2 is 2.03 bits per heavy atom. The lowest BCUT2D eigenvalue weighted by atomic mass is 9.47. The number of fused-ring (bicyclic) bond motifs is 1. The van der Waals surface area contributed by atoms with Gasteiger partial charge in [-0.15, -0.1) is 0 Å². The smallest absolute Gasteiger partial charge is 0.303 e. The van der Waals surface area contributed by atoms with Crippen LogP contribution >= 0.6 is 0 Å². The van der Waals surface area contributed by atoms with E-state index in [2.05, 4.69) is 40.3 Å². The van der Waals surface area contributed by atoms with Gasteiger partial charge in [-0.3, -0.25) is 14.5 Å². The number of methoxy groups -OCH3 is 1. The van der Waals surface area contributed by atoms with Gasteiger partial charge in [0.15, 0.2) is 0 Å². The molecule has 1 aliphatic carbocycles. The topological polar surface area (TPSA) is 91.3 Å². The lowest BCUT2D eigenvalue weighted by molar-refractivity contribution is -0.217. The summed E-state index contributed by atoms with van der Waals surface area (Å²) in [4.78, 5) is 30.1. The van der Waals surface area contributed by atoms with Gasteiger partial charge < -0.3 is 24.8 Å². The molecule has 0 aromatic heterocycles. The summed E-state index contributed by atoms with van der Waals surface area (Å²) in [6.45, 7) is 9.22. The number of carbonyl (C=O) groups excluding carboxylic acids is 2. The second-order valence-corrected chi connectivity index (χ2v) is 11.8. The molecule has 6 atom stereocenters. The highest BCUT2D eigenvalue weighted by molar-refractivity contribution is 5.77. The van der Waals surface area contributed by atoms with Crippen LogP contribution in [0.1, 0.15) is 52.5 Å². The Labute approximate surface area is 220 Å². The van der Waals surface area contributed by atoms with Crippen LogP contribution in [0.4, 0.5) is 5.69 Å². The highest BCUT2D eigenvalue weighted by atomic mass is 16.6. The number of hydrogen-bond acceptors (Lipinski definition) is 7. The molecule has 0 unspecified atom stereocenters. The first kappa shape index (κ1) is 26.0. The molecule has 1 amide bonds. The average molecular weight is 512 g/mol. The van der Waals surface area contributed by atoms with E-state index in [1.165, 1.54) is 12.5 Å². The Balaban J connectivity index is 1.73. The number of esters is 1. The second-order valence-electron chi connectivity index (χ2n) is 11.8. The molecule has 8 heteroatoms. The number of rotatable bonds is 7. The molecule has 2 N–H and O–H groups in total. The first-order valence-corrected chi connectivity index (χ1v) is 13.5. The number of nitrogens with zero attached hydrogens (tertiary/aromatic N) is 2. The summed E-state index contributed by atoms with van der Waals surface area (Å²) in [7, 11) is 3.66. The van der Waals surface area contributed by atoms with Gasteiger partial charge in [-0.1, -0.05) is 39.0 Å². The molecule has 2 fully saturated rings. The van der Waals surface area contributed by atoms with Crippen molar-refractivity contribution in [1.82, 2.24) is 10.2 Å². The van der Waals surface area contributed by atoms with Crippen molar-refractivity contribution < 1.29 is 24.2 Å². The van der Waals surface area contributed by atoms with Crippen LogP contribution in [0.3, 0.4) is 0 Å². The van der Waals surface area contributed by atoms with E-state index in [0.717, 1.165) is 30.9 Å². The zero-order valence-corrected chi connectivity index (χ0v) is 22.9. The van der Waals surface area contributed by atoms with Gasteiger partial charge in [0.25, 0.3) is 0 Å². The fraction of sp³-hybridized carbons (Fsp3) is 0.655. The number of carbonyl (C=O) groups is 2. The normalized spacial score (nSPS) is 35.7. The zero-order valence-electron chi connectivity index (χ0n) is 22.9. The summed E-state index contributed by atoms with van der Waals surface area (Å²) >= 11 is 0. The van der Waals surface area contributed by atoms with E-state index < -0.39 is 34.5 Å². The highest BCUT2D eigenvalue weighted by Gasteiger charge is 2.77. The number of anilines is 1. The summed E-state index contributed by atoms with van der Waals surface area (Å²) in [5, 5.41) is 16.0. The Hall–Kier alpha value is -2.58. The number of likely N-dealkylation sites (N-methyl/N-ethyl adjacent to an activating group) is 1. The summed E-state index contributed by atoms with van der Waals surface area (Å²) in [5.74, 6) is 0.407. The predicted molar refractivity (Wildman–Crippen MR) is 142 cm³/mol. The van der Waals surface area contributed by atoms with Gasteiger partial charge in [-0.25, -0.2) is 0 Å². The van der Waals surface area contributed by atoms with Crippen molar-refractivity contribution in [2.75, 3.05) is 38.7 Å². The summed E-state index contributed by atoms with van der Waals surface area (Å²) in [6, 6.07) is 5.81. The van der Waals surface area contributed by atoms with Gasteiger partial charge in [-0.05, 0) is 36.9 Å². The number of benzene rings is 1. The fourth-order valence-corrected chi connectivity index (χ4v) is 8.33. The minimum absolute atomic E-state index is 0.000685.